The smallest absolute Gasteiger partial charge is 0.203 e. The van der Waals surface area contributed by atoms with Crippen molar-refractivity contribution < 1.29 is 9.50 Å². The fourth-order valence-electron chi connectivity index (χ4n) is 5.66. The van der Waals surface area contributed by atoms with E-state index in [-0.39, 0.29) is 5.82 Å². The molecule has 1 aromatic heterocycles. The molecule has 2 fully saturated rings. The van der Waals surface area contributed by atoms with Crippen molar-refractivity contribution in [1.82, 2.24) is 19.6 Å². The fraction of sp³-hybridized carbons (Fsp3) is 0.448. The van der Waals surface area contributed by atoms with E-state index >= 15 is 0 Å². The maximum Gasteiger partial charge on any atom is 0.203 e. The molecular weight excluding hydrogens is 503 g/mol. The zero-order valence-electron chi connectivity index (χ0n) is 21.9. The molecule has 1 aliphatic carbocycles. The van der Waals surface area contributed by atoms with Gasteiger partial charge in [0.05, 0.1) is 35.4 Å². The highest BCUT2D eigenvalue weighted by Gasteiger charge is 2.29. The van der Waals surface area contributed by atoms with E-state index in [4.69, 9.17) is 16.6 Å². The minimum absolute atomic E-state index is 0.321. The molecule has 1 saturated carbocycles. The Bertz CT molecular complexity index is 1360. The first-order valence-electron chi connectivity index (χ1n) is 13.4. The van der Waals surface area contributed by atoms with Gasteiger partial charge in [-0.1, -0.05) is 23.7 Å². The third kappa shape index (κ3) is 5.17. The summed E-state index contributed by atoms with van der Waals surface area (Å²) in [6.07, 6.45) is 5.49. The average Bonchev–Trinajstić information content (AvgIpc) is 3.68. The highest BCUT2D eigenvalue weighted by atomic mass is 35.5. The predicted octanol–water partition coefficient (Wildman–Crippen LogP) is 5.78. The number of hydrogen-bond donors (Lipinski definition) is 2. The lowest BCUT2D eigenvalue weighted by Crippen LogP contribution is -2.36. The summed E-state index contributed by atoms with van der Waals surface area (Å²) in [5.74, 6) is 0.823. The Kier molecular flexibility index (Phi) is 6.88. The summed E-state index contributed by atoms with van der Waals surface area (Å²) >= 11 is 6.80. The number of piperidine rings is 1. The van der Waals surface area contributed by atoms with Crippen LogP contribution in [0.25, 0.3) is 0 Å². The lowest BCUT2D eigenvalue weighted by atomic mass is 9.88. The Morgan fingerprint density at radius 1 is 1.16 bits per heavy atom. The molecule has 0 spiro atoms. The van der Waals surface area contributed by atoms with Crippen molar-refractivity contribution in [2.75, 3.05) is 32.0 Å². The number of nitrogens with zero attached hydrogens (tertiary/aromatic N) is 5. The van der Waals surface area contributed by atoms with Gasteiger partial charge in [-0.3, -0.25) is 4.68 Å². The molecule has 38 heavy (non-hydrogen) atoms. The quantitative estimate of drug-likeness (QED) is 0.418. The zero-order chi connectivity index (χ0) is 26.4. The summed E-state index contributed by atoms with van der Waals surface area (Å²) in [7, 11) is 2.03. The Hall–Kier alpha value is -2.94. The van der Waals surface area contributed by atoms with Gasteiger partial charge in [-0.25, -0.2) is 9.38 Å². The number of aromatic nitrogens is 2. The van der Waals surface area contributed by atoms with Crippen molar-refractivity contribution in [1.29, 1.82) is 0 Å². The summed E-state index contributed by atoms with van der Waals surface area (Å²) in [6, 6.07) is 11.0. The van der Waals surface area contributed by atoms with Gasteiger partial charge in [0.25, 0.3) is 0 Å². The number of aliphatic hydroxyl groups is 1. The number of fused-ring (bicyclic) bond motifs is 1. The molecule has 2 aliphatic heterocycles. The highest BCUT2D eigenvalue weighted by molar-refractivity contribution is 6.31. The van der Waals surface area contributed by atoms with Gasteiger partial charge in [-0.2, -0.15) is 5.10 Å². The van der Waals surface area contributed by atoms with E-state index < -0.39 is 6.10 Å². The number of β-amino-alcohol motifs (C(OH)–C–C–N with tert-alkyl or cyclic N) is 1. The molecular formula is C29H34ClFN6O. The van der Waals surface area contributed by atoms with Crippen LogP contribution in [-0.2, 0) is 6.54 Å². The number of anilines is 1. The van der Waals surface area contributed by atoms with E-state index in [1.807, 2.05) is 13.2 Å². The summed E-state index contributed by atoms with van der Waals surface area (Å²) in [5, 5.41) is 19.5. The third-order valence-corrected chi connectivity index (χ3v) is 8.40. The van der Waals surface area contributed by atoms with Crippen molar-refractivity contribution in [2.24, 2.45) is 4.99 Å². The van der Waals surface area contributed by atoms with Crippen LogP contribution >= 0.6 is 11.6 Å². The van der Waals surface area contributed by atoms with E-state index in [9.17, 15) is 9.50 Å². The van der Waals surface area contributed by atoms with Gasteiger partial charge in [0.1, 0.15) is 5.82 Å². The second-order valence-corrected chi connectivity index (χ2v) is 11.3. The maximum atomic E-state index is 13.6. The van der Waals surface area contributed by atoms with Gasteiger partial charge < -0.3 is 20.2 Å². The number of nitrogens with one attached hydrogen (secondary N) is 1. The Balaban J connectivity index is 1.14. The number of guanidine groups is 1. The summed E-state index contributed by atoms with van der Waals surface area (Å²) < 4.78 is 15.7. The lowest BCUT2D eigenvalue weighted by Gasteiger charge is -2.34. The van der Waals surface area contributed by atoms with Crippen molar-refractivity contribution in [2.45, 2.75) is 57.2 Å². The Morgan fingerprint density at radius 2 is 1.95 bits per heavy atom. The van der Waals surface area contributed by atoms with E-state index in [0.717, 1.165) is 71.7 Å². The van der Waals surface area contributed by atoms with Crippen LogP contribution in [0, 0.1) is 12.7 Å². The summed E-state index contributed by atoms with van der Waals surface area (Å²) in [5.41, 5.74) is 5.97. The van der Waals surface area contributed by atoms with Crippen LogP contribution in [-0.4, -0.2) is 57.3 Å². The number of aliphatic hydroxyl groups excluding tert-OH is 1. The molecule has 0 bridgehead atoms. The Morgan fingerprint density at radius 3 is 2.68 bits per heavy atom. The van der Waals surface area contributed by atoms with Gasteiger partial charge in [0.15, 0.2) is 0 Å². The van der Waals surface area contributed by atoms with Crippen LogP contribution in [0.5, 0.6) is 0 Å². The predicted molar refractivity (Wildman–Crippen MR) is 149 cm³/mol. The van der Waals surface area contributed by atoms with Gasteiger partial charge >= 0.3 is 0 Å². The molecule has 200 valence electrons. The van der Waals surface area contributed by atoms with E-state index in [0.29, 0.717) is 24.1 Å². The molecule has 1 saturated heterocycles. The number of hydrogen-bond acceptors (Lipinski definition) is 6. The zero-order valence-corrected chi connectivity index (χ0v) is 22.6. The first kappa shape index (κ1) is 25.3. The van der Waals surface area contributed by atoms with E-state index in [2.05, 4.69) is 44.0 Å². The first-order chi connectivity index (χ1) is 18.4. The van der Waals surface area contributed by atoms with Crippen LogP contribution in [0.15, 0.2) is 47.6 Å². The largest absolute Gasteiger partial charge is 0.387 e. The monoisotopic (exact) mass is 536 g/mol. The number of likely N-dealkylation sites (tertiary alicyclic amines) is 1. The average molecular weight is 537 g/mol. The molecule has 0 unspecified atom stereocenters. The minimum atomic E-state index is -0.702. The number of benzene rings is 2. The van der Waals surface area contributed by atoms with Gasteiger partial charge in [-0.15, -0.1) is 0 Å². The molecule has 2 aromatic carbocycles. The molecule has 3 aliphatic rings. The number of halogens is 2. The number of aliphatic imine (C=N–C) groups is 1. The van der Waals surface area contributed by atoms with E-state index in [1.54, 1.807) is 12.1 Å². The number of rotatable bonds is 6. The van der Waals surface area contributed by atoms with Crippen molar-refractivity contribution in [3.63, 3.8) is 0 Å². The molecule has 1 atom stereocenters. The summed E-state index contributed by atoms with van der Waals surface area (Å²) in [4.78, 5) is 9.34. The molecule has 3 aromatic rings. The summed E-state index contributed by atoms with van der Waals surface area (Å²) in [6.45, 7) is 5.04. The lowest BCUT2D eigenvalue weighted by molar-refractivity contribution is 0.0970. The fourth-order valence-corrected chi connectivity index (χ4v) is 6.00. The Labute approximate surface area is 227 Å². The van der Waals surface area contributed by atoms with Gasteiger partial charge in [0.2, 0.25) is 5.96 Å². The molecule has 2 N–H and O–H groups in total. The van der Waals surface area contributed by atoms with Crippen molar-refractivity contribution in [3.05, 3.63) is 75.8 Å². The SMILES string of the molecule is Cc1c(NC2=Nc3cc(C4CCN(C[C@H](O)c5cccc(F)c5)CC4)c(Cl)cc3CN2C)cnn1C1CC1. The minimum Gasteiger partial charge on any atom is -0.387 e. The van der Waals surface area contributed by atoms with Gasteiger partial charge in [0, 0.05) is 25.2 Å². The van der Waals surface area contributed by atoms with Gasteiger partial charge in [-0.05, 0) is 92.6 Å². The molecule has 0 radical (unpaired) electrons. The van der Waals surface area contributed by atoms with Crippen LogP contribution < -0.4 is 5.32 Å². The molecule has 6 rings (SSSR count). The second-order valence-electron chi connectivity index (χ2n) is 10.9. The molecule has 0 amide bonds. The topological polar surface area (TPSA) is 68.9 Å². The van der Waals surface area contributed by atoms with Crippen molar-refractivity contribution >= 4 is 28.9 Å². The highest BCUT2D eigenvalue weighted by Crippen LogP contribution is 2.40. The molecule has 7 nitrogen and oxygen atoms in total. The van der Waals surface area contributed by atoms with E-state index in [1.165, 1.54) is 25.0 Å². The second kappa shape index (κ2) is 10.3. The van der Waals surface area contributed by atoms with Crippen LogP contribution in [0.2, 0.25) is 5.02 Å². The van der Waals surface area contributed by atoms with Crippen LogP contribution in [0.4, 0.5) is 15.8 Å². The first-order valence-corrected chi connectivity index (χ1v) is 13.8. The van der Waals surface area contributed by atoms with Crippen LogP contribution in [0.1, 0.15) is 66.1 Å². The van der Waals surface area contributed by atoms with Crippen molar-refractivity contribution in [3.8, 4) is 0 Å². The molecule has 9 heteroatoms. The standard InChI is InChI=1S/C29H34ClFN6O/c1-18-27(15-32-37(18)23-6-7-23)34-29-33-26-14-24(25(30)13-21(26)16-35(29)2)19-8-10-36(11-9-19)17-28(38)20-4-3-5-22(31)12-20/h3-5,12-15,19,23,28,38H,6-11,16-17H2,1-2H3,(H,33,34)/t28-/m0/s1. The molecule has 3 heterocycles. The maximum absolute atomic E-state index is 13.6. The normalized spacial score (nSPS) is 19.3. The third-order valence-electron chi connectivity index (χ3n) is 8.07. The van der Waals surface area contributed by atoms with Crippen LogP contribution in [0.3, 0.4) is 0 Å².